The lowest BCUT2D eigenvalue weighted by molar-refractivity contribution is -0.0435. The zero-order chi connectivity index (χ0) is 9.60. The molecule has 3 heteroatoms. The third-order valence-corrected chi connectivity index (χ3v) is 4.07. The van der Waals surface area contributed by atoms with Gasteiger partial charge in [-0.05, 0) is 37.6 Å². The van der Waals surface area contributed by atoms with Crippen LogP contribution in [-0.4, -0.2) is 43.3 Å². The van der Waals surface area contributed by atoms with Crippen molar-refractivity contribution in [2.75, 3.05) is 26.2 Å². The van der Waals surface area contributed by atoms with Gasteiger partial charge in [0.25, 0.3) is 0 Å². The summed E-state index contributed by atoms with van der Waals surface area (Å²) < 4.78 is 5.82. The lowest BCUT2D eigenvalue weighted by Crippen LogP contribution is -2.46. The SMILES string of the molecule is NCC1(CN2CC3CCC(C2)O3)CC1. The molecule has 0 aromatic heterocycles. The van der Waals surface area contributed by atoms with Crippen LogP contribution in [0.2, 0.25) is 0 Å². The molecule has 0 spiro atoms. The largest absolute Gasteiger partial charge is 0.372 e. The average Bonchev–Trinajstić information content (AvgIpc) is 2.88. The highest BCUT2D eigenvalue weighted by atomic mass is 16.5. The van der Waals surface area contributed by atoms with E-state index < -0.39 is 0 Å². The summed E-state index contributed by atoms with van der Waals surface area (Å²) in [5.41, 5.74) is 6.31. The predicted octanol–water partition coefficient (Wildman–Crippen LogP) is 0.588. The summed E-state index contributed by atoms with van der Waals surface area (Å²) in [5, 5.41) is 0. The minimum Gasteiger partial charge on any atom is -0.372 e. The summed E-state index contributed by atoms with van der Waals surface area (Å²) >= 11 is 0. The van der Waals surface area contributed by atoms with Crippen LogP contribution in [0.1, 0.15) is 25.7 Å². The maximum atomic E-state index is 5.82. The molecule has 2 atom stereocenters. The van der Waals surface area contributed by atoms with Crippen molar-refractivity contribution in [3.8, 4) is 0 Å². The number of morpholine rings is 1. The molecule has 3 fully saturated rings. The summed E-state index contributed by atoms with van der Waals surface area (Å²) in [6.07, 6.45) is 6.30. The molecule has 2 N–H and O–H groups in total. The van der Waals surface area contributed by atoms with Gasteiger partial charge in [-0.3, -0.25) is 4.90 Å². The second-order valence-corrected chi connectivity index (χ2v) is 5.36. The summed E-state index contributed by atoms with van der Waals surface area (Å²) in [6.45, 7) is 4.40. The van der Waals surface area contributed by atoms with Gasteiger partial charge in [-0.2, -0.15) is 0 Å². The van der Waals surface area contributed by atoms with Crippen molar-refractivity contribution in [1.82, 2.24) is 4.90 Å². The molecule has 3 rings (SSSR count). The third kappa shape index (κ3) is 1.58. The number of fused-ring (bicyclic) bond motifs is 2. The first-order valence-corrected chi connectivity index (χ1v) is 5.88. The van der Waals surface area contributed by atoms with E-state index in [2.05, 4.69) is 4.90 Å². The Morgan fingerprint density at radius 2 is 1.86 bits per heavy atom. The number of ether oxygens (including phenoxy) is 1. The number of nitrogens with two attached hydrogens (primary N) is 1. The van der Waals surface area contributed by atoms with Crippen LogP contribution < -0.4 is 5.73 Å². The highest BCUT2D eigenvalue weighted by molar-refractivity contribution is 4.98. The van der Waals surface area contributed by atoms with Crippen LogP contribution in [0.5, 0.6) is 0 Å². The van der Waals surface area contributed by atoms with Crippen LogP contribution in [0.15, 0.2) is 0 Å². The maximum Gasteiger partial charge on any atom is 0.0707 e. The van der Waals surface area contributed by atoms with Crippen LogP contribution in [0.4, 0.5) is 0 Å². The zero-order valence-electron chi connectivity index (χ0n) is 8.74. The van der Waals surface area contributed by atoms with Gasteiger partial charge < -0.3 is 10.5 Å². The van der Waals surface area contributed by atoms with Gasteiger partial charge >= 0.3 is 0 Å². The van der Waals surface area contributed by atoms with Crippen molar-refractivity contribution in [3.05, 3.63) is 0 Å². The topological polar surface area (TPSA) is 38.5 Å². The molecule has 2 heterocycles. The summed E-state index contributed by atoms with van der Waals surface area (Å²) in [7, 11) is 0. The van der Waals surface area contributed by atoms with Crippen LogP contribution >= 0.6 is 0 Å². The average molecular weight is 196 g/mol. The quantitative estimate of drug-likeness (QED) is 0.718. The van der Waals surface area contributed by atoms with Crippen molar-refractivity contribution in [2.45, 2.75) is 37.9 Å². The molecule has 1 aliphatic carbocycles. The highest BCUT2D eigenvalue weighted by Gasteiger charge is 2.44. The van der Waals surface area contributed by atoms with Gasteiger partial charge in [0, 0.05) is 19.6 Å². The Hall–Kier alpha value is -0.120. The normalized spacial score (nSPS) is 40.1. The molecule has 3 aliphatic rings. The van der Waals surface area contributed by atoms with Gasteiger partial charge in [0.2, 0.25) is 0 Å². The first-order valence-electron chi connectivity index (χ1n) is 5.88. The van der Waals surface area contributed by atoms with E-state index in [4.69, 9.17) is 10.5 Å². The van der Waals surface area contributed by atoms with Gasteiger partial charge in [-0.1, -0.05) is 0 Å². The lowest BCUT2D eigenvalue weighted by atomic mass is 10.1. The Kier molecular flexibility index (Phi) is 2.08. The highest BCUT2D eigenvalue weighted by Crippen LogP contribution is 2.45. The first kappa shape index (κ1) is 9.13. The standard InChI is InChI=1S/C11H20N2O/c12-7-11(3-4-11)8-13-5-9-1-2-10(6-13)14-9/h9-10H,1-8,12H2. The number of nitrogens with zero attached hydrogens (tertiary/aromatic N) is 1. The lowest BCUT2D eigenvalue weighted by Gasteiger charge is -2.34. The van der Waals surface area contributed by atoms with Crippen molar-refractivity contribution < 1.29 is 4.74 Å². The molecule has 0 aromatic carbocycles. The number of hydrogen-bond acceptors (Lipinski definition) is 3. The number of likely N-dealkylation sites (tertiary alicyclic amines) is 1. The number of rotatable bonds is 3. The molecular weight excluding hydrogens is 176 g/mol. The van der Waals surface area contributed by atoms with Gasteiger partial charge in [0.1, 0.15) is 0 Å². The molecule has 14 heavy (non-hydrogen) atoms. The second-order valence-electron chi connectivity index (χ2n) is 5.36. The van der Waals surface area contributed by atoms with E-state index in [1.54, 1.807) is 0 Å². The summed E-state index contributed by atoms with van der Waals surface area (Å²) in [6, 6.07) is 0. The van der Waals surface area contributed by atoms with Gasteiger partial charge in [-0.15, -0.1) is 0 Å². The summed E-state index contributed by atoms with van der Waals surface area (Å²) in [4.78, 5) is 2.59. The Balaban J connectivity index is 1.59. The second kappa shape index (κ2) is 3.19. The fourth-order valence-corrected chi connectivity index (χ4v) is 2.91. The van der Waals surface area contributed by atoms with Crippen LogP contribution in [-0.2, 0) is 4.74 Å². The summed E-state index contributed by atoms with van der Waals surface area (Å²) in [5.74, 6) is 0. The van der Waals surface area contributed by atoms with Crippen molar-refractivity contribution in [2.24, 2.45) is 11.1 Å². The van der Waals surface area contributed by atoms with E-state index >= 15 is 0 Å². The Morgan fingerprint density at radius 1 is 1.21 bits per heavy atom. The fraction of sp³-hybridized carbons (Fsp3) is 1.00. The van der Waals surface area contributed by atoms with E-state index in [1.807, 2.05) is 0 Å². The Morgan fingerprint density at radius 3 is 2.36 bits per heavy atom. The minimum atomic E-state index is 0.497. The Labute approximate surface area is 85.6 Å². The number of hydrogen-bond donors (Lipinski definition) is 1. The molecule has 3 nitrogen and oxygen atoms in total. The van der Waals surface area contributed by atoms with Crippen molar-refractivity contribution >= 4 is 0 Å². The molecule has 2 aliphatic heterocycles. The Bertz CT molecular complexity index is 215. The molecule has 0 radical (unpaired) electrons. The molecule has 80 valence electrons. The molecular formula is C11H20N2O. The van der Waals surface area contributed by atoms with Gasteiger partial charge in [-0.25, -0.2) is 0 Å². The van der Waals surface area contributed by atoms with E-state index in [-0.39, 0.29) is 0 Å². The van der Waals surface area contributed by atoms with Gasteiger partial charge in [0.15, 0.2) is 0 Å². The molecule has 1 saturated carbocycles. The first-order chi connectivity index (χ1) is 6.80. The molecule has 0 amide bonds. The predicted molar refractivity (Wildman–Crippen MR) is 55.1 cm³/mol. The fourth-order valence-electron chi connectivity index (χ4n) is 2.91. The monoisotopic (exact) mass is 196 g/mol. The minimum absolute atomic E-state index is 0.497. The smallest absolute Gasteiger partial charge is 0.0707 e. The van der Waals surface area contributed by atoms with Gasteiger partial charge in [0.05, 0.1) is 12.2 Å². The van der Waals surface area contributed by atoms with Crippen LogP contribution in [0.25, 0.3) is 0 Å². The third-order valence-electron chi connectivity index (χ3n) is 4.07. The van der Waals surface area contributed by atoms with Crippen molar-refractivity contribution in [3.63, 3.8) is 0 Å². The van der Waals surface area contributed by atoms with E-state index in [0.29, 0.717) is 17.6 Å². The van der Waals surface area contributed by atoms with Crippen LogP contribution in [0.3, 0.4) is 0 Å². The van der Waals surface area contributed by atoms with E-state index in [9.17, 15) is 0 Å². The van der Waals surface area contributed by atoms with Crippen LogP contribution in [0, 0.1) is 5.41 Å². The van der Waals surface area contributed by atoms with E-state index in [0.717, 1.165) is 19.6 Å². The van der Waals surface area contributed by atoms with E-state index in [1.165, 1.54) is 32.2 Å². The molecule has 2 bridgehead atoms. The zero-order valence-corrected chi connectivity index (χ0v) is 8.74. The molecule has 2 unspecified atom stereocenters. The molecule has 2 saturated heterocycles. The van der Waals surface area contributed by atoms with Crippen molar-refractivity contribution in [1.29, 1.82) is 0 Å². The maximum absolute atomic E-state index is 5.82. The molecule has 0 aromatic rings.